The maximum absolute atomic E-state index is 12.7. The van der Waals surface area contributed by atoms with Crippen LogP contribution in [0.4, 0.5) is 0 Å². The fraction of sp³-hybridized carbons (Fsp3) is 0.176. The minimum Gasteiger partial charge on any atom is -0.274 e. The summed E-state index contributed by atoms with van der Waals surface area (Å²) < 4.78 is 0. The van der Waals surface area contributed by atoms with Crippen molar-refractivity contribution in [3.63, 3.8) is 0 Å². The molecule has 0 saturated heterocycles. The monoisotopic (exact) mass is 306 g/mol. The van der Waals surface area contributed by atoms with Crippen LogP contribution in [0.2, 0.25) is 0 Å². The second-order valence-corrected chi connectivity index (χ2v) is 5.71. The number of aromatic amines is 1. The van der Waals surface area contributed by atoms with Gasteiger partial charge in [-0.15, -0.1) is 0 Å². The van der Waals surface area contributed by atoms with Gasteiger partial charge in [0.25, 0.3) is 11.8 Å². The van der Waals surface area contributed by atoms with E-state index in [-0.39, 0.29) is 17.7 Å². The fourth-order valence-corrected chi connectivity index (χ4v) is 2.99. The average molecular weight is 306 g/mol. The normalized spacial score (nSPS) is 15.3. The largest absolute Gasteiger partial charge is 0.274 e. The van der Waals surface area contributed by atoms with E-state index >= 15 is 0 Å². The number of fused-ring (bicyclic) bond motifs is 3. The molecule has 2 amide bonds. The first-order valence-electron chi connectivity index (χ1n) is 7.40. The van der Waals surface area contributed by atoms with Gasteiger partial charge in [-0.3, -0.25) is 19.6 Å². The minimum absolute atomic E-state index is 0.0613. The molecule has 6 heteroatoms. The van der Waals surface area contributed by atoms with Crippen LogP contribution in [0.1, 0.15) is 39.1 Å². The average Bonchev–Trinajstić information content (AvgIpc) is 3.14. The number of rotatable bonds is 3. The number of aromatic nitrogens is 3. The van der Waals surface area contributed by atoms with Crippen molar-refractivity contribution in [2.75, 3.05) is 6.54 Å². The molecule has 4 rings (SSSR count). The molecule has 6 nitrogen and oxygen atoms in total. The lowest BCUT2D eigenvalue weighted by Crippen LogP contribution is -2.33. The van der Waals surface area contributed by atoms with E-state index < -0.39 is 0 Å². The van der Waals surface area contributed by atoms with Crippen LogP contribution in [0, 0.1) is 0 Å². The molecule has 2 aromatic heterocycles. The van der Waals surface area contributed by atoms with Crippen LogP contribution >= 0.6 is 0 Å². The van der Waals surface area contributed by atoms with Gasteiger partial charge in [0.05, 0.1) is 22.7 Å². The summed E-state index contributed by atoms with van der Waals surface area (Å²) in [7, 11) is 0. The Kier molecular flexibility index (Phi) is 2.97. The van der Waals surface area contributed by atoms with E-state index in [1.807, 2.05) is 37.3 Å². The maximum Gasteiger partial charge on any atom is 0.263 e. The third-order valence-electron chi connectivity index (χ3n) is 4.24. The standard InChI is InChI=1S/C17H14N4O2/c1-10(11-5-3-2-4-6-11)9-21-16(22)13-7-18-15-12(8-19-20-15)14(13)17(21)23/h2-8,10H,9H2,1H3,(H,18,19,20)/t10-/m0/s1. The second kappa shape index (κ2) is 5.01. The van der Waals surface area contributed by atoms with E-state index in [4.69, 9.17) is 0 Å². The zero-order valence-corrected chi connectivity index (χ0v) is 12.5. The topological polar surface area (TPSA) is 79.0 Å². The Morgan fingerprint density at radius 1 is 1.13 bits per heavy atom. The molecule has 3 heterocycles. The Labute approximate surface area is 132 Å². The van der Waals surface area contributed by atoms with Crippen molar-refractivity contribution in [2.24, 2.45) is 0 Å². The molecular weight excluding hydrogens is 292 g/mol. The molecule has 0 unspecified atom stereocenters. The fourth-order valence-electron chi connectivity index (χ4n) is 2.99. The predicted molar refractivity (Wildman–Crippen MR) is 84.1 cm³/mol. The summed E-state index contributed by atoms with van der Waals surface area (Å²) in [6.45, 7) is 2.35. The molecule has 0 aliphatic carbocycles. The van der Waals surface area contributed by atoms with E-state index in [9.17, 15) is 9.59 Å². The van der Waals surface area contributed by atoms with Crippen molar-refractivity contribution < 1.29 is 9.59 Å². The van der Waals surface area contributed by atoms with Crippen LogP contribution in [-0.4, -0.2) is 38.4 Å². The maximum atomic E-state index is 12.7. The molecule has 0 fully saturated rings. The third-order valence-corrected chi connectivity index (χ3v) is 4.24. The third kappa shape index (κ3) is 2.03. The summed E-state index contributed by atoms with van der Waals surface area (Å²) in [5.74, 6) is -0.504. The lowest BCUT2D eigenvalue weighted by molar-refractivity contribution is 0.0647. The van der Waals surface area contributed by atoms with E-state index in [0.29, 0.717) is 28.7 Å². The van der Waals surface area contributed by atoms with Gasteiger partial charge in [0.1, 0.15) is 0 Å². The van der Waals surface area contributed by atoms with Gasteiger partial charge in [0.2, 0.25) is 0 Å². The van der Waals surface area contributed by atoms with Crippen LogP contribution in [-0.2, 0) is 0 Å². The molecule has 0 radical (unpaired) electrons. The molecule has 114 valence electrons. The van der Waals surface area contributed by atoms with Crippen molar-refractivity contribution in [1.29, 1.82) is 0 Å². The Morgan fingerprint density at radius 2 is 1.91 bits per heavy atom. The number of benzene rings is 1. The molecule has 1 aliphatic heterocycles. The van der Waals surface area contributed by atoms with Crippen molar-refractivity contribution in [2.45, 2.75) is 12.8 Å². The molecule has 0 saturated carbocycles. The van der Waals surface area contributed by atoms with Gasteiger partial charge in [-0.05, 0) is 11.5 Å². The van der Waals surface area contributed by atoms with Crippen molar-refractivity contribution in [1.82, 2.24) is 20.1 Å². The first-order chi connectivity index (χ1) is 11.2. The molecule has 1 aromatic carbocycles. The van der Waals surface area contributed by atoms with Gasteiger partial charge in [-0.2, -0.15) is 5.10 Å². The van der Waals surface area contributed by atoms with Crippen LogP contribution in [0.3, 0.4) is 0 Å². The number of nitrogens with zero attached hydrogens (tertiary/aromatic N) is 3. The number of amides is 2. The van der Waals surface area contributed by atoms with Gasteiger partial charge < -0.3 is 0 Å². The molecule has 1 atom stereocenters. The molecule has 3 aromatic rings. The van der Waals surface area contributed by atoms with Crippen LogP contribution in [0.25, 0.3) is 11.0 Å². The summed E-state index contributed by atoms with van der Waals surface area (Å²) >= 11 is 0. The molecule has 0 bridgehead atoms. The summed E-state index contributed by atoms with van der Waals surface area (Å²) in [5.41, 5.74) is 2.36. The highest BCUT2D eigenvalue weighted by molar-refractivity contribution is 6.25. The SMILES string of the molecule is C[C@@H](CN1C(=O)c2cnc3[nH]ncc3c2C1=O)c1ccccc1. The Balaban J connectivity index is 1.69. The van der Waals surface area contributed by atoms with E-state index in [1.165, 1.54) is 17.3 Å². The lowest BCUT2D eigenvalue weighted by Gasteiger charge is -2.19. The highest BCUT2D eigenvalue weighted by Crippen LogP contribution is 2.29. The smallest absolute Gasteiger partial charge is 0.263 e. The van der Waals surface area contributed by atoms with Crippen molar-refractivity contribution in [3.8, 4) is 0 Å². The minimum atomic E-state index is -0.289. The molecule has 0 spiro atoms. The van der Waals surface area contributed by atoms with Crippen molar-refractivity contribution >= 4 is 22.8 Å². The second-order valence-electron chi connectivity index (χ2n) is 5.71. The number of carbonyl (C=O) groups is 2. The highest BCUT2D eigenvalue weighted by atomic mass is 16.2. The molecular formula is C17H14N4O2. The zero-order chi connectivity index (χ0) is 16.0. The van der Waals surface area contributed by atoms with Gasteiger partial charge in [0, 0.05) is 12.7 Å². The number of pyridine rings is 1. The molecule has 1 N–H and O–H groups in total. The Bertz CT molecular complexity index is 917. The van der Waals surface area contributed by atoms with Gasteiger partial charge in [-0.1, -0.05) is 37.3 Å². The molecule has 1 aliphatic rings. The highest BCUT2D eigenvalue weighted by Gasteiger charge is 2.38. The van der Waals surface area contributed by atoms with Gasteiger partial charge in [-0.25, -0.2) is 4.98 Å². The summed E-state index contributed by atoms with van der Waals surface area (Å²) in [6.07, 6.45) is 2.99. The molecule has 23 heavy (non-hydrogen) atoms. The zero-order valence-electron chi connectivity index (χ0n) is 12.5. The summed E-state index contributed by atoms with van der Waals surface area (Å²) in [5, 5.41) is 7.22. The number of imide groups is 1. The van der Waals surface area contributed by atoms with Crippen molar-refractivity contribution in [3.05, 3.63) is 59.4 Å². The van der Waals surface area contributed by atoms with Crippen LogP contribution in [0.15, 0.2) is 42.7 Å². The quantitative estimate of drug-likeness (QED) is 0.753. The van der Waals surface area contributed by atoms with E-state index in [1.54, 1.807) is 0 Å². The first-order valence-corrected chi connectivity index (χ1v) is 7.40. The number of hydrogen-bond acceptors (Lipinski definition) is 4. The Hall–Kier alpha value is -3.02. The summed E-state index contributed by atoms with van der Waals surface area (Å²) in [6, 6.07) is 9.84. The van der Waals surface area contributed by atoms with Crippen LogP contribution < -0.4 is 0 Å². The number of hydrogen-bond donors (Lipinski definition) is 1. The first kappa shape index (κ1) is 13.6. The van der Waals surface area contributed by atoms with Crippen LogP contribution in [0.5, 0.6) is 0 Å². The van der Waals surface area contributed by atoms with E-state index in [0.717, 1.165) is 5.56 Å². The number of H-pyrrole nitrogens is 1. The summed E-state index contributed by atoms with van der Waals surface area (Å²) in [4.78, 5) is 30.7. The van der Waals surface area contributed by atoms with Gasteiger partial charge in [0.15, 0.2) is 5.65 Å². The number of nitrogens with one attached hydrogen (secondary N) is 1. The number of carbonyl (C=O) groups excluding carboxylic acids is 2. The van der Waals surface area contributed by atoms with Gasteiger partial charge >= 0.3 is 0 Å². The van der Waals surface area contributed by atoms with E-state index in [2.05, 4.69) is 15.2 Å². The Morgan fingerprint density at radius 3 is 2.70 bits per heavy atom. The predicted octanol–water partition coefficient (Wildman–Crippen LogP) is 2.36. The lowest BCUT2D eigenvalue weighted by atomic mass is 10.0.